The van der Waals surface area contributed by atoms with Crippen LogP contribution in [0.5, 0.6) is 0 Å². The lowest BCUT2D eigenvalue weighted by atomic mass is 10.3. The molecule has 0 saturated heterocycles. The molecule has 2 rings (SSSR count). The summed E-state index contributed by atoms with van der Waals surface area (Å²) in [6.45, 7) is 10.1. The summed E-state index contributed by atoms with van der Waals surface area (Å²) < 4.78 is 0. The molecule has 122 valence electrons. The van der Waals surface area contributed by atoms with Crippen molar-refractivity contribution in [2.24, 2.45) is 0 Å². The molecule has 0 bridgehead atoms. The Morgan fingerprint density at radius 2 is 1.18 bits per heavy atom. The minimum absolute atomic E-state index is 1.19. The van der Waals surface area contributed by atoms with Gasteiger partial charge in [-0.15, -0.1) is 0 Å². The van der Waals surface area contributed by atoms with Crippen molar-refractivity contribution in [2.45, 2.75) is 20.8 Å². The molecule has 1 heterocycles. The molecular formula is C19H31N3. The van der Waals surface area contributed by atoms with E-state index >= 15 is 0 Å². The van der Waals surface area contributed by atoms with Crippen molar-refractivity contribution in [3.05, 3.63) is 60.9 Å². The SMILES string of the molecule is CCN(CC)CC.CN(C)c1ccccc1.c1ccncc1. The topological polar surface area (TPSA) is 19.4 Å². The average molecular weight is 301 g/mol. The molecule has 2 aromatic rings. The molecule has 22 heavy (non-hydrogen) atoms. The van der Waals surface area contributed by atoms with E-state index in [1.54, 1.807) is 12.4 Å². The number of hydrogen-bond donors (Lipinski definition) is 0. The molecule has 0 aliphatic heterocycles. The van der Waals surface area contributed by atoms with Crippen LogP contribution in [0.15, 0.2) is 60.9 Å². The van der Waals surface area contributed by atoms with Crippen LogP contribution in [-0.2, 0) is 0 Å². The Labute approximate surface area is 136 Å². The van der Waals surface area contributed by atoms with Crippen molar-refractivity contribution in [3.63, 3.8) is 0 Å². The number of pyridine rings is 1. The maximum Gasteiger partial charge on any atom is 0.0360 e. The zero-order valence-electron chi connectivity index (χ0n) is 14.7. The summed E-state index contributed by atoms with van der Waals surface area (Å²) >= 11 is 0. The highest BCUT2D eigenvalue weighted by molar-refractivity contribution is 5.43. The van der Waals surface area contributed by atoms with Gasteiger partial charge in [-0.3, -0.25) is 4.98 Å². The van der Waals surface area contributed by atoms with E-state index in [2.05, 4.69) is 47.7 Å². The van der Waals surface area contributed by atoms with Gasteiger partial charge in [0.25, 0.3) is 0 Å². The number of hydrogen-bond acceptors (Lipinski definition) is 3. The van der Waals surface area contributed by atoms with Gasteiger partial charge in [0.2, 0.25) is 0 Å². The lowest BCUT2D eigenvalue weighted by Crippen LogP contribution is -2.21. The Hall–Kier alpha value is -1.87. The largest absolute Gasteiger partial charge is 0.378 e. The van der Waals surface area contributed by atoms with Crippen LogP contribution in [-0.4, -0.2) is 43.6 Å². The zero-order valence-corrected chi connectivity index (χ0v) is 14.7. The predicted molar refractivity (Wildman–Crippen MR) is 98.5 cm³/mol. The number of aromatic nitrogens is 1. The summed E-state index contributed by atoms with van der Waals surface area (Å²) in [5.41, 5.74) is 1.25. The fraction of sp³-hybridized carbons (Fsp3) is 0.421. The first-order chi connectivity index (χ1) is 10.7. The minimum atomic E-state index is 1.19. The Bertz CT molecular complexity index is 393. The molecule has 1 aromatic carbocycles. The monoisotopic (exact) mass is 301 g/mol. The number of para-hydroxylation sites is 1. The first-order valence-corrected chi connectivity index (χ1v) is 7.95. The average Bonchev–Trinajstić information content (AvgIpc) is 2.60. The normalized spacial score (nSPS) is 9.18. The first-order valence-electron chi connectivity index (χ1n) is 7.95. The summed E-state index contributed by atoms with van der Waals surface area (Å²) in [6, 6.07) is 16.0. The van der Waals surface area contributed by atoms with Gasteiger partial charge in [-0.1, -0.05) is 45.0 Å². The standard InChI is InChI=1S/C8H11N.C6H15N.C5H5N/c1-9(2)8-6-4-3-5-7-8;1-4-7(5-2)6-3;1-2-4-6-5-3-1/h3-7H,1-2H3;4-6H2,1-3H3;1-5H. The van der Waals surface area contributed by atoms with Crippen LogP contribution < -0.4 is 4.90 Å². The molecule has 3 nitrogen and oxygen atoms in total. The van der Waals surface area contributed by atoms with Crippen LogP contribution in [0.2, 0.25) is 0 Å². The Balaban J connectivity index is 0.000000308. The van der Waals surface area contributed by atoms with E-state index in [9.17, 15) is 0 Å². The van der Waals surface area contributed by atoms with Gasteiger partial charge < -0.3 is 9.80 Å². The van der Waals surface area contributed by atoms with Gasteiger partial charge in [-0.2, -0.15) is 0 Å². The second kappa shape index (κ2) is 14.1. The van der Waals surface area contributed by atoms with Crippen LogP contribution in [0.3, 0.4) is 0 Å². The highest BCUT2D eigenvalue weighted by Crippen LogP contribution is 2.07. The van der Waals surface area contributed by atoms with Gasteiger partial charge in [0.1, 0.15) is 0 Å². The minimum Gasteiger partial charge on any atom is -0.378 e. The maximum atomic E-state index is 3.78. The molecule has 0 radical (unpaired) electrons. The second-order valence-electron chi connectivity index (χ2n) is 4.87. The molecule has 0 unspecified atom stereocenters. The summed E-state index contributed by atoms with van der Waals surface area (Å²) in [5, 5.41) is 0. The molecule has 0 amide bonds. The third kappa shape index (κ3) is 10.9. The van der Waals surface area contributed by atoms with E-state index in [4.69, 9.17) is 0 Å². The van der Waals surface area contributed by atoms with E-state index in [-0.39, 0.29) is 0 Å². The molecule has 0 aliphatic carbocycles. The number of rotatable bonds is 4. The van der Waals surface area contributed by atoms with E-state index in [0.29, 0.717) is 0 Å². The van der Waals surface area contributed by atoms with Gasteiger partial charge >= 0.3 is 0 Å². The van der Waals surface area contributed by atoms with E-state index < -0.39 is 0 Å². The van der Waals surface area contributed by atoms with E-state index in [1.807, 2.05) is 50.5 Å². The smallest absolute Gasteiger partial charge is 0.0360 e. The van der Waals surface area contributed by atoms with Gasteiger partial charge in [-0.05, 0) is 43.9 Å². The summed E-state index contributed by atoms with van der Waals surface area (Å²) in [6.07, 6.45) is 3.50. The Morgan fingerprint density at radius 1 is 0.727 bits per heavy atom. The van der Waals surface area contributed by atoms with Crippen LogP contribution in [0, 0.1) is 0 Å². The summed E-state index contributed by atoms with van der Waals surface area (Å²) in [4.78, 5) is 8.24. The molecule has 0 saturated carbocycles. The van der Waals surface area contributed by atoms with Gasteiger partial charge in [0.05, 0.1) is 0 Å². The fourth-order valence-corrected chi connectivity index (χ4v) is 1.71. The van der Waals surface area contributed by atoms with E-state index in [0.717, 1.165) is 0 Å². The lowest BCUT2D eigenvalue weighted by molar-refractivity contribution is 0.321. The number of anilines is 1. The van der Waals surface area contributed by atoms with Crippen LogP contribution in [0.25, 0.3) is 0 Å². The van der Waals surface area contributed by atoms with Crippen molar-refractivity contribution in [3.8, 4) is 0 Å². The van der Waals surface area contributed by atoms with Crippen molar-refractivity contribution in [2.75, 3.05) is 38.6 Å². The number of benzene rings is 1. The second-order valence-corrected chi connectivity index (χ2v) is 4.87. The fourth-order valence-electron chi connectivity index (χ4n) is 1.71. The van der Waals surface area contributed by atoms with Crippen molar-refractivity contribution >= 4 is 5.69 Å². The molecule has 0 N–H and O–H groups in total. The van der Waals surface area contributed by atoms with E-state index in [1.165, 1.54) is 25.3 Å². The van der Waals surface area contributed by atoms with Gasteiger partial charge in [0.15, 0.2) is 0 Å². The predicted octanol–water partition coefficient (Wildman–Crippen LogP) is 4.18. The zero-order chi connectivity index (χ0) is 16.6. The molecule has 1 aromatic heterocycles. The molecule has 0 fully saturated rings. The highest BCUT2D eigenvalue weighted by atomic mass is 15.1. The molecule has 0 aliphatic rings. The van der Waals surface area contributed by atoms with Crippen LogP contribution in [0.4, 0.5) is 5.69 Å². The van der Waals surface area contributed by atoms with Crippen molar-refractivity contribution in [1.82, 2.24) is 9.88 Å². The first kappa shape index (κ1) is 20.1. The van der Waals surface area contributed by atoms with Gasteiger partial charge in [-0.25, -0.2) is 0 Å². The van der Waals surface area contributed by atoms with Crippen LogP contribution >= 0.6 is 0 Å². The number of nitrogens with zero attached hydrogens (tertiary/aromatic N) is 3. The van der Waals surface area contributed by atoms with Gasteiger partial charge in [0, 0.05) is 32.2 Å². The van der Waals surface area contributed by atoms with Crippen molar-refractivity contribution in [1.29, 1.82) is 0 Å². The lowest BCUT2D eigenvalue weighted by Gasteiger charge is -2.13. The summed E-state index contributed by atoms with van der Waals surface area (Å²) in [5.74, 6) is 0. The third-order valence-corrected chi connectivity index (χ3v) is 3.18. The highest BCUT2D eigenvalue weighted by Gasteiger charge is 1.89. The van der Waals surface area contributed by atoms with Crippen LogP contribution in [0.1, 0.15) is 20.8 Å². The quantitative estimate of drug-likeness (QED) is 0.844. The molecule has 0 atom stereocenters. The Kier molecular flexibility index (Phi) is 12.9. The molecule has 0 spiro atoms. The summed E-state index contributed by atoms with van der Waals surface area (Å²) in [7, 11) is 4.07. The molecule has 3 heteroatoms. The molecular weight excluding hydrogens is 270 g/mol. The maximum absolute atomic E-state index is 3.78. The Morgan fingerprint density at radius 3 is 1.36 bits per heavy atom. The van der Waals surface area contributed by atoms with Crippen molar-refractivity contribution < 1.29 is 0 Å². The third-order valence-electron chi connectivity index (χ3n) is 3.18.